The molecule has 1 aliphatic carbocycles. The summed E-state index contributed by atoms with van der Waals surface area (Å²) >= 11 is 0. The number of nitrogens with two attached hydrogens (primary N) is 1. The summed E-state index contributed by atoms with van der Waals surface area (Å²) in [6, 6.07) is 4.92. The van der Waals surface area contributed by atoms with Crippen molar-refractivity contribution >= 4 is 16.6 Å². The lowest BCUT2D eigenvalue weighted by Gasteiger charge is -2.08. The van der Waals surface area contributed by atoms with Crippen LogP contribution in [0.15, 0.2) is 18.2 Å². The average molecular weight is 202 g/mol. The Kier molecular flexibility index (Phi) is 1.69. The fourth-order valence-electron chi connectivity index (χ4n) is 2.31. The molecule has 76 valence electrons. The summed E-state index contributed by atoms with van der Waals surface area (Å²) in [5.41, 5.74) is 9.35. The van der Waals surface area contributed by atoms with Crippen molar-refractivity contribution in [1.82, 2.24) is 4.98 Å². The van der Waals surface area contributed by atoms with Gasteiger partial charge >= 0.3 is 0 Å². The molecule has 1 aromatic heterocycles. The van der Waals surface area contributed by atoms with Crippen LogP contribution < -0.4 is 5.73 Å². The van der Waals surface area contributed by atoms with Crippen LogP contribution in [0.25, 0.3) is 10.9 Å². The Labute approximate surface area is 86.9 Å². The molecule has 0 atom stereocenters. The zero-order chi connectivity index (χ0) is 10.4. The molecule has 0 saturated carbocycles. The Morgan fingerprint density at radius 2 is 2.13 bits per heavy atom. The summed E-state index contributed by atoms with van der Waals surface area (Å²) in [6.45, 7) is 0. The van der Waals surface area contributed by atoms with Gasteiger partial charge in [-0.2, -0.15) is 0 Å². The fraction of sp³-hybridized carbons (Fsp3) is 0.250. The molecule has 1 aromatic carbocycles. The molecule has 0 radical (unpaired) electrons. The number of rotatable bonds is 0. The van der Waals surface area contributed by atoms with Crippen molar-refractivity contribution in [1.29, 1.82) is 0 Å². The number of benzene rings is 1. The summed E-state index contributed by atoms with van der Waals surface area (Å²) in [4.78, 5) is 4.46. The topological polar surface area (TPSA) is 38.9 Å². The predicted molar refractivity (Wildman–Crippen MR) is 58.1 cm³/mol. The Balaban J connectivity index is 2.47. The number of pyridine rings is 1. The molecule has 0 saturated heterocycles. The first kappa shape index (κ1) is 8.65. The number of fused-ring (bicyclic) bond motifs is 2. The zero-order valence-electron chi connectivity index (χ0n) is 8.26. The van der Waals surface area contributed by atoms with Gasteiger partial charge in [0.2, 0.25) is 0 Å². The largest absolute Gasteiger partial charge is 0.398 e. The van der Waals surface area contributed by atoms with E-state index in [9.17, 15) is 4.39 Å². The normalized spacial score (nSPS) is 14.5. The summed E-state index contributed by atoms with van der Waals surface area (Å²) in [5, 5.41) is 0.484. The minimum atomic E-state index is -0.271. The van der Waals surface area contributed by atoms with Gasteiger partial charge in [-0.15, -0.1) is 0 Å². The molecular weight excluding hydrogens is 191 g/mol. The molecular formula is C12H11FN2. The molecule has 2 aromatic rings. The third-order valence-electron chi connectivity index (χ3n) is 3.03. The van der Waals surface area contributed by atoms with Crippen LogP contribution in [0.5, 0.6) is 0 Å². The lowest BCUT2D eigenvalue weighted by molar-refractivity contribution is 0.640. The number of hydrogen-bond acceptors (Lipinski definition) is 2. The third kappa shape index (κ3) is 1.12. The summed E-state index contributed by atoms with van der Waals surface area (Å²) in [6.07, 6.45) is 2.97. The molecule has 2 N–H and O–H groups in total. The van der Waals surface area contributed by atoms with Gasteiger partial charge in [0.05, 0.1) is 10.9 Å². The molecule has 0 bridgehead atoms. The maximum Gasteiger partial charge on any atom is 0.134 e. The quantitative estimate of drug-likeness (QED) is 0.712. The zero-order valence-corrected chi connectivity index (χ0v) is 8.26. The summed E-state index contributed by atoms with van der Waals surface area (Å²) < 4.78 is 13.6. The van der Waals surface area contributed by atoms with E-state index in [1.54, 1.807) is 6.07 Å². The SMILES string of the molecule is Nc1c2c(nc3cccc(F)c13)CCC2. The molecule has 0 aliphatic heterocycles. The second kappa shape index (κ2) is 2.92. The molecule has 1 aliphatic rings. The highest BCUT2D eigenvalue weighted by molar-refractivity contribution is 5.92. The van der Waals surface area contributed by atoms with Crippen LogP contribution in [0.2, 0.25) is 0 Å². The highest BCUT2D eigenvalue weighted by Gasteiger charge is 2.19. The minimum Gasteiger partial charge on any atom is -0.398 e. The van der Waals surface area contributed by atoms with Crippen LogP contribution in [0.3, 0.4) is 0 Å². The van der Waals surface area contributed by atoms with Gasteiger partial charge in [-0.3, -0.25) is 4.98 Å². The number of halogens is 1. The Morgan fingerprint density at radius 3 is 3.00 bits per heavy atom. The van der Waals surface area contributed by atoms with Crippen LogP contribution in [0.1, 0.15) is 17.7 Å². The molecule has 0 fully saturated rings. The number of anilines is 1. The number of nitrogens with zero attached hydrogens (tertiary/aromatic N) is 1. The molecule has 3 heteroatoms. The van der Waals surface area contributed by atoms with Gasteiger partial charge in [0.15, 0.2) is 0 Å². The third-order valence-corrected chi connectivity index (χ3v) is 3.03. The fourth-order valence-corrected chi connectivity index (χ4v) is 2.31. The number of aromatic nitrogens is 1. The first-order chi connectivity index (χ1) is 7.27. The van der Waals surface area contributed by atoms with E-state index in [1.807, 2.05) is 6.07 Å². The van der Waals surface area contributed by atoms with Gasteiger partial charge in [0.1, 0.15) is 5.82 Å². The predicted octanol–water partition coefficient (Wildman–Crippen LogP) is 2.44. The van der Waals surface area contributed by atoms with E-state index >= 15 is 0 Å². The van der Waals surface area contributed by atoms with Crippen LogP contribution in [-0.2, 0) is 12.8 Å². The molecule has 15 heavy (non-hydrogen) atoms. The number of nitrogen functional groups attached to an aromatic ring is 1. The second-order valence-electron chi connectivity index (χ2n) is 3.94. The van der Waals surface area contributed by atoms with Crippen molar-refractivity contribution in [2.75, 3.05) is 5.73 Å². The Bertz CT molecular complexity index is 549. The second-order valence-corrected chi connectivity index (χ2v) is 3.94. The average Bonchev–Trinajstić information content (AvgIpc) is 2.66. The van der Waals surface area contributed by atoms with Crippen LogP contribution in [0, 0.1) is 5.82 Å². The van der Waals surface area contributed by atoms with Crippen LogP contribution in [0.4, 0.5) is 10.1 Å². The summed E-state index contributed by atoms with van der Waals surface area (Å²) in [7, 11) is 0. The lowest BCUT2D eigenvalue weighted by atomic mass is 10.1. The first-order valence-electron chi connectivity index (χ1n) is 5.13. The highest BCUT2D eigenvalue weighted by atomic mass is 19.1. The Morgan fingerprint density at radius 1 is 1.27 bits per heavy atom. The van der Waals surface area contributed by atoms with Crippen molar-refractivity contribution in [3.63, 3.8) is 0 Å². The van der Waals surface area contributed by atoms with Crippen LogP contribution >= 0.6 is 0 Å². The first-order valence-corrected chi connectivity index (χ1v) is 5.13. The molecule has 3 rings (SSSR count). The van der Waals surface area contributed by atoms with Gasteiger partial charge in [0, 0.05) is 11.4 Å². The monoisotopic (exact) mass is 202 g/mol. The number of aryl methyl sites for hydroxylation is 1. The van der Waals surface area contributed by atoms with Gasteiger partial charge in [-0.05, 0) is 37.0 Å². The van der Waals surface area contributed by atoms with E-state index < -0.39 is 0 Å². The molecule has 0 spiro atoms. The van der Waals surface area contributed by atoms with Crippen molar-refractivity contribution in [2.24, 2.45) is 0 Å². The number of hydrogen-bond donors (Lipinski definition) is 1. The smallest absolute Gasteiger partial charge is 0.134 e. The van der Waals surface area contributed by atoms with E-state index in [0.29, 0.717) is 16.6 Å². The highest BCUT2D eigenvalue weighted by Crippen LogP contribution is 2.32. The van der Waals surface area contributed by atoms with E-state index in [0.717, 1.165) is 30.5 Å². The summed E-state index contributed by atoms with van der Waals surface area (Å²) in [5.74, 6) is -0.271. The molecule has 0 amide bonds. The minimum absolute atomic E-state index is 0.271. The van der Waals surface area contributed by atoms with Crippen molar-refractivity contribution in [2.45, 2.75) is 19.3 Å². The molecule has 1 heterocycles. The van der Waals surface area contributed by atoms with Crippen molar-refractivity contribution < 1.29 is 4.39 Å². The lowest BCUT2D eigenvalue weighted by Crippen LogP contribution is -1.99. The van der Waals surface area contributed by atoms with E-state index in [2.05, 4.69) is 4.98 Å². The van der Waals surface area contributed by atoms with Crippen molar-refractivity contribution in [3.8, 4) is 0 Å². The standard InChI is InChI=1S/C12H11FN2/c13-8-4-2-6-10-11(8)12(14)7-3-1-5-9(7)15-10/h2,4,6H,1,3,5H2,(H2,14,15). The van der Waals surface area contributed by atoms with E-state index in [-0.39, 0.29) is 5.82 Å². The molecule has 2 nitrogen and oxygen atoms in total. The van der Waals surface area contributed by atoms with Gasteiger partial charge in [0.25, 0.3) is 0 Å². The van der Waals surface area contributed by atoms with Gasteiger partial charge < -0.3 is 5.73 Å². The Hall–Kier alpha value is -1.64. The van der Waals surface area contributed by atoms with E-state index in [1.165, 1.54) is 6.07 Å². The maximum absolute atomic E-state index is 13.6. The maximum atomic E-state index is 13.6. The van der Waals surface area contributed by atoms with Crippen LogP contribution in [-0.4, -0.2) is 4.98 Å². The van der Waals surface area contributed by atoms with Gasteiger partial charge in [-0.1, -0.05) is 6.07 Å². The molecule has 0 unspecified atom stereocenters. The van der Waals surface area contributed by atoms with Gasteiger partial charge in [-0.25, -0.2) is 4.39 Å². The van der Waals surface area contributed by atoms with Crippen molar-refractivity contribution in [3.05, 3.63) is 35.3 Å². The van der Waals surface area contributed by atoms with E-state index in [4.69, 9.17) is 5.73 Å².